The van der Waals surface area contributed by atoms with Crippen LogP contribution in [0.4, 0.5) is 0 Å². The summed E-state index contributed by atoms with van der Waals surface area (Å²) in [6, 6.07) is 4.01. The van der Waals surface area contributed by atoms with Gasteiger partial charge >= 0.3 is 0 Å². The van der Waals surface area contributed by atoms with Crippen LogP contribution in [-0.2, 0) is 0 Å². The number of phenolic OH excluding ortho intramolecular Hbond substituents is 1. The van der Waals surface area contributed by atoms with E-state index in [0.29, 0.717) is 11.7 Å². The highest BCUT2D eigenvalue weighted by Crippen LogP contribution is 2.27. The molecule has 1 nitrogen and oxygen atoms in total. The number of hydrogen-bond donors (Lipinski definition) is 1. The molecule has 0 aliphatic carbocycles. The number of phenols is 1. The average Bonchev–Trinajstić information content (AvgIpc) is 2.09. The minimum Gasteiger partial charge on any atom is -0.507 e. The molecule has 0 bridgehead atoms. The van der Waals surface area contributed by atoms with Crippen LogP contribution in [0.2, 0.25) is 0 Å². The zero-order valence-electron chi connectivity index (χ0n) is 8.46. The monoisotopic (exact) mass is 176 g/mol. The zero-order valence-corrected chi connectivity index (χ0v) is 8.46. The molecule has 70 valence electrons. The highest BCUT2D eigenvalue weighted by molar-refractivity contribution is 5.59. The lowest BCUT2D eigenvalue weighted by molar-refractivity contribution is 0.469. The van der Waals surface area contributed by atoms with Crippen molar-refractivity contribution in [2.24, 2.45) is 0 Å². The Bertz CT molecular complexity index is 324. The molecule has 1 N–H and O–H groups in total. The molecule has 0 spiro atoms. The first kappa shape index (κ1) is 9.85. The van der Waals surface area contributed by atoms with E-state index >= 15 is 0 Å². The summed E-state index contributed by atoms with van der Waals surface area (Å²) in [5.74, 6) is 0.831. The van der Waals surface area contributed by atoms with Crippen molar-refractivity contribution in [1.82, 2.24) is 0 Å². The van der Waals surface area contributed by atoms with Crippen molar-refractivity contribution in [2.75, 3.05) is 0 Å². The minimum atomic E-state index is 0.347. The van der Waals surface area contributed by atoms with Crippen molar-refractivity contribution < 1.29 is 5.11 Å². The first-order valence-corrected chi connectivity index (χ1v) is 4.52. The maximum absolute atomic E-state index is 9.63. The van der Waals surface area contributed by atoms with E-state index in [-0.39, 0.29) is 0 Å². The Morgan fingerprint density at radius 3 is 2.46 bits per heavy atom. The maximum Gasteiger partial charge on any atom is 0.125 e. The fourth-order valence-electron chi connectivity index (χ4n) is 1.32. The summed E-state index contributed by atoms with van der Waals surface area (Å²) in [7, 11) is 0. The fourth-order valence-corrected chi connectivity index (χ4v) is 1.32. The van der Waals surface area contributed by atoms with Crippen LogP contribution in [0.25, 0.3) is 6.08 Å². The second-order valence-corrected chi connectivity index (χ2v) is 3.63. The Labute approximate surface area is 79.7 Å². The number of aromatic hydroxyl groups is 1. The molecular formula is C12H16O. The van der Waals surface area contributed by atoms with Crippen molar-refractivity contribution in [3.8, 4) is 5.75 Å². The molecule has 1 heteroatoms. The van der Waals surface area contributed by atoms with E-state index < -0.39 is 0 Å². The summed E-state index contributed by atoms with van der Waals surface area (Å²) in [4.78, 5) is 0. The normalized spacial score (nSPS) is 10.5. The van der Waals surface area contributed by atoms with Crippen molar-refractivity contribution in [3.05, 3.63) is 35.4 Å². The van der Waals surface area contributed by atoms with E-state index in [1.165, 1.54) is 5.56 Å². The van der Waals surface area contributed by atoms with E-state index in [4.69, 9.17) is 0 Å². The highest BCUT2D eigenvalue weighted by atomic mass is 16.3. The lowest BCUT2D eigenvalue weighted by atomic mass is 9.97. The summed E-state index contributed by atoms with van der Waals surface area (Å²) in [6.07, 6.45) is 1.69. The van der Waals surface area contributed by atoms with Gasteiger partial charge in [0.15, 0.2) is 0 Å². The van der Waals surface area contributed by atoms with E-state index in [2.05, 4.69) is 20.4 Å². The summed E-state index contributed by atoms with van der Waals surface area (Å²) >= 11 is 0. The van der Waals surface area contributed by atoms with Gasteiger partial charge in [0.1, 0.15) is 5.75 Å². The fraction of sp³-hybridized carbons (Fsp3) is 0.333. The molecule has 0 fully saturated rings. The van der Waals surface area contributed by atoms with E-state index in [0.717, 1.165) is 11.1 Å². The van der Waals surface area contributed by atoms with Gasteiger partial charge in [0.2, 0.25) is 0 Å². The molecule has 0 radical (unpaired) electrons. The molecule has 0 heterocycles. The molecule has 0 aromatic heterocycles. The Morgan fingerprint density at radius 1 is 1.38 bits per heavy atom. The quantitative estimate of drug-likeness (QED) is 0.731. The largest absolute Gasteiger partial charge is 0.507 e. The molecule has 1 rings (SSSR count). The van der Waals surface area contributed by atoms with Crippen LogP contribution in [0.3, 0.4) is 0 Å². The Morgan fingerprint density at radius 2 is 2.00 bits per heavy atom. The molecule has 0 aliphatic heterocycles. The third-order valence-electron chi connectivity index (χ3n) is 2.24. The molecule has 1 aromatic rings. The summed E-state index contributed by atoms with van der Waals surface area (Å²) in [5.41, 5.74) is 2.98. The molecule has 0 aliphatic rings. The first-order valence-electron chi connectivity index (χ1n) is 4.52. The lowest BCUT2D eigenvalue weighted by Gasteiger charge is -2.10. The topological polar surface area (TPSA) is 20.2 Å². The van der Waals surface area contributed by atoms with Crippen LogP contribution >= 0.6 is 0 Å². The number of hydrogen-bond acceptors (Lipinski definition) is 1. The molecule has 0 atom stereocenters. The molecule has 0 saturated heterocycles. The van der Waals surface area contributed by atoms with Gasteiger partial charge < -0.3 is 5.11 Å². The standard InChI is InChI=1S/C12H16O/c1-5-10-7-11(8(2)3)6-9(4)12(10)13/h5-8,13H,1H2,2-4H3. The second-order valence-electron chi connectivity index (χ2n) is 3.63. The van der Waals surface area contributed by atoms with Crippen LogP contribution in [0.5, 0.6) is 5.75 Å². The summed E-state index contributed by atoms with van der Waals surface area (Å²) in [5, 5.41) is 9.63. The third-order valence-corrected chi connectivity index (χ3v) is 2.24. The maximum atomic E-state index is 9.63. The Hall–Kier alpha value is -1.24. The van der Waals surface area contributed by atoms with Crippen LogP contribution in [0.15, 0.2) is 18.7 Å². The molecule has 0 unspecified atom stereocenters. The van der Waals surface area contributed by atoms with Gasteiger partial charge in [0, 0.05) is 5.56 Å². The second kappa shape index (κ2) is 3.65. The number of aryl methyl sites for hydroxylation is 1. The van der Waals surface area contributed by atoms with E-state index in [9.17, 15) is 5.11 Å². The van der Waals surface area contributed by atoms with Gasteiger partial charge in [-0.1, -0.05) is 32.6 Å². The first-order chi connectivity index (χ1) is 6.06. The van der Waals surface area contributed by atoms with Crippen LogP contribution < -0.4 is 0 Å². The smallest absolute Gasteiger partial charge is 0.125 e. The highest BCUT2D eigenvalue weighted by Gasteiger charge is 2.06. The van der Waals surface area contributed by atoms with Gasteiger partial charge in [-0.25, -0.2) is 0 Å². The van der Waals surface area contributed by atoms with Crippen molar-refractivity contribution in [2.45, 2.75) is 26.7 Å². The van der Waals surface area contributed by atoms with E-state index in [1.54, 1.807) is 6.08 Å². The SMILES string of the molecule is C=Cc1cc(C(C)C)cc(C)c1O. The summed E-state index contributed by atoms with van der Waals surface area (Å²) < 4.78 is 0. The van der Waals surface area contributed by atoms with Gasteiger partial charge in [-0.05, 0) is 30.0 Å². The van der Waals surface area contributed by atoms with Crippen LogP contribution in [0.1, 0.15) is 36.5 Å². The average molecular weight is 176 g/mol. The van der Waals surface area contributed by atoms with Crippen molar-refractivity contribution in [3.63, 3.8) is 0 Å². The Kier molecular flexibility index (Phi) is 2.76. The van der Waals surface area contributed by atoms with Crippen LogP contribution in [0, 0.1) is 6.92 Å². The van der Waals surface area contributed by atoms with Gasteiger partial charge in [-0.2, -0.15) is 0 Å². The van der Waals surface area contributed by atoms with Gasteiger partial charge in [-0.3, -0.25) is 0 Å². The Balaban J connectivity index is 3.30. The van der Waals surface area contributed by atoms with Crippen molar-refractivity contribution in [1.29, 1.82) is 0 Å². The molecule has 0 saturated carbocycles. The number of benzene rings is 1. The van der Waals surface area contributed by atoms with Gasteiger partial charge in [-0.15, -0.1) is 0 Å². The molecular weight excluding hydrogens is 160 g/mol. The molecule has 13 heavy (non-hydrogen) atoms. The molecule has 1 aromatic carbocycles. The zero-order chi connectivity index (χ0) is 10.0. The predicted octanol–water partition coefficient (Wildman–Crippen LogP) is 3.47. The van der Waals surface area contributed by atoms with E-state index in [1.807, 2.05) is 19.1 Å². The number of rotatable bonds is 2. The lowest BCUT2D eigenvalue weighted by Crippen LogP contribution is -1.90. The summed E-state index contributed by atoms with van der Waals surface area (Å²) in [6.45, 7) is 9.86. The van der Waals surface area contributed by atoms with Crippen LogP contribution in [-0.4, -0.2) is 5.11 Å². The van der Waals surface area contributed by atoms with Crippen molar-refractivity contribution >= 4 is 6.08 Å². The van der Waals surface area contributed by atoms with Gasteiger partial charge in [0.25, 0.3) is 0 Å². The predicted molar refractivity (Wildman–Crippen MR) is 57.0 cm³/mol. The third kappa shape index (κ3) is 1.92. The van der Waals surface area contributed by atoms with Gasteiger partial charge in [0.05, 0.1) is 0 Å². The minimum absolute atomic E-state index is 0.347. The molecule has 0 amide bonds.